The van der Waals surface area contributed by atoms with Crippen molar-refractivity contribution in [2.24, 2.45) is 23.7 Å². The van der Waals surface area contributed by atoms with Crippen LogP contribution in [0.1, 0.15) is 66.2 Å². The smallest absolute Gasteiger partial charge is 0.00966 e. The van der Waals surface area contributed by atoms with E-state index in [4.69, 9.17) is 0 Å². The Hall–Kier alpha value is -0.0400. The molecule has 0 spiro atoms. The summed E-state index contributed by atoms with van der Waals surface area (Å²) in [6.07, 6.45) is 9.14. The lowest BCUT2D eigenvalue weighted by Gasteiger charge is -2.26. The van der Waals surface area contributed by atoms with Crippen LogP contribution in [-0.2, 0) is 0 Å². The Kier molecular flexibility index (Phi) is 4.18. The van der Waals surface area contributed by atoms with Gasteiger partial charge in [0.25, 0.3) is 0 Å². The lowest BCUT2D eigenvalue weighted by atomic mass is 9.84. The summed E-state index contributed by atoms with van der Waals surface area (Å²) in [5.41, 5.74) is 0.278. The second-order valence-electron chi connectivity index (χ2n) is 7.75. The molecule has 2 fully saturated rings. The summed E-state index contributed by atoms with van der Waals surface area (Å²) in [6, 6.07) is 0. The Morgan fingerprint density at radius 1 is 1.18 bits per heavy atom. The van der Waals surface area contributed by atoms with Gasteiger partial charge in [-0.2, -0.15) is 0 Å². The number of fused-ring (bicyclic) bond motifs is 2. The normalized spacial score (nSPS) is 34.2. The van der Waals surface area contributed by atoms with E-state index in [-0.39, 0.29) is 5.54 Å². The molecule has 2 rings (SSSR count). The topological polar surface area (TPSA) is 12.0 Å². The summed E-state index contributed by atoms with van der Waals surface area (Å²) in [4.78, 5) is 0. The molecule has 4 unspecified atom stereocenters. The molecule has 0 aliphatic heterocycles. The monoisotopic (exact) mass is 237 g/mol. The van der Waals surface area contributed by atoms with Gasteiger partial charge in [0.05, 0.1) is 0 Å². The molecule has 2 aliphatic rings. The van der Waals surface area contributed by atoms with E-state index >= 15 is 0 Å². The zero-order chi connectivity index (χ0) is 12.5. The predicted molar refractivity (Wildman–Crippen MR) is 75.1 cm³/mol. The first-order valence-corrected chi connectivity index (χ1v) is 7.69. The first kappa shape index (κ1) is 13.4. The standard InChI is InChI=1S/C16H31N/c1-12(11-17-16(2,3)4)5-7-14-9-13-6-8-15(14)10-13/h12-15,17H,5-11H2,1-4H3. The van der Waals surface area contributed by atoms with E-state index in [1.807, 2.05) is 0 Å². The van der Waals surface area contributed by atoms with Crippen LogP contribution in [0.15, 0.2) is 0 Å². The molecule has 2 aliphatic carbocycles. The van der Waals surface area contributed by atoms with E-state index in [1.165, 1.54) is 19.4 Å². The zero-order valence-electron chi connectivity index (χ0n) is 12.3. The SMILES string of the molecule is CC(CCC1CC2CCC1C2)CNC(C)(C)C. The largest absolute Gasteiger partial charge is 0.312 e. The summed E-state index contributed by atoms with van der Waals surface area (Å²) in [6.45, 7) is 10.4. The van der Waals surface area contributed by atoms with Crippen LogP contribution in [0.3, 0.4) is 0 Å². The van der Waals surface area contributed by atoms with Crippen molar-refractivity contribution in [2.45, 2.75) is 71.8 Å². The molecule has 17 heavy (non-hydrogen) atoms. The molecule has 1 N–H and O–H groups in total. The van der Waals surface area contributed by atoms with Crippen molar-refractivity contribution >= 4 is 0 Å². The highest BCUT2D eigenvalue weighted by molar-refractivity contribution is 4.90. The van der Waals surface area contributed by atoms with Crippen LogP contribution in [0, 0.1) is 23.7 Å². The maximum absolute atomic E-state index is 3.63. The van der Waals surface area contributed by atoms with Crippen molar-refractivity contribution < 1.29 is 0 Å². The van der Waals surface area contributed by atoms with Crippen LogP contribution in [-0.4, -0.2) is 12.1 Å². The fourth-order valence-electron chi connectivity index (χ4n) is 3.81. The second-order valence-corrected chi connectivity index (χ2v) is 7.75. The van der Waals surface area contributed by atoms with Gasteiger partial charge in [0.15, 0.2) is 0 Å². The molecular weight excluding hydrogens is 206 g/mol. The minimum atomic E-state index is 0.278. The van der Waals surface area contributed by atoms with Crippen LogP contribution in [0.4, 0.5) is 0 Å². The third-order valence-corrected chi connectivity index (χ3v) is 4.90. The van der Waals surface area contributed by atoms with E-state index < -0.39 is 0 Å². The second kappa shape index (κ2) is 5.30. The third kappa shape index (κ3) is 3.98. The number of rotatable bonds is 5. The van der Waals surface area contributed by atoms with Crippen LogP contribution < -0.4 is 5.32 Å². The fraction of sp³-hybridized carbons (Fsp3) is 1.00. The predicted octanol–water partition coefficient (Wildman–Crippen LogP) is 4.23. The molecule has 2 bridgehead atoms. The Morgan fingerprint density at radius 2 is 1.94 bits per heavy atom. The van der Waals surface area contributed by atoms with Crippen molar-refractivity contribution in [2.75, 3.05) is 6.54 Å². The highest BCUT2D eigenvalue weighted by atomic mass is 14.9. The van der Waals surface area contributed by atoms with Crippen LogP contribution in [0.5, 0.6) is 0 Å². The van der Waals surface area contributed by atoms with Gasteiger partial charge < -0.3 is 5.32 Å². The van der Waals surface area contributed by atoms with Gasteiger partial charge in [0.2, 0.25) is 0 Å². The fourth-order valence-corrected chi connectivity index (χ4v) is 3.81. The minimum Gasteiger partial charge on any atom is -0.312 e. The van der Waals surface area contributed by atoms with Crippen LogP contribution >= 0.6 is 0 Å². The van der Waals surface area contributed by atoms with Gasteiger partial charge in [-0.3, -0.25) is 0 Å². The molecule has 0 saturated heterocycles. The highest BCUT2D eigenvalue weighted by Gasteiger charge is 2.38. The summed E-state index contributed by atoms with van der Waals surface area (Å²) in [5.74, 6) is 4.16. The average molecular weight is 237 g/mol. The Labute approximate surface area is 108 Å². The first-order valence-electron chi connectivity index (χ1n) is 7.69. The Balaban J connectivity index is 1.62. The molecular formula is C16H31N. The van der Waals surface area contributed by atoms with Crippen molar-refractivity contribution in [1.82, 2.24) is 5.32 Å². The molecule has 0 heterocycles. The van der Waals surface area contributed by atoms with Crippen molar-refractivity contribution in [3.63, 3.8) is 0 Å². The van der Waals surface area contributed by atoms with Crippen molar-refractivity contribution in [3.05, 3.63) is 0 Å². The highest BCUT2D eigenvalue weighted by Crippen LogP contribution is 2.50. The van der Waals surface area contributed by atoms with Gasteiger partial charge in [0, 0.05) is 5.54 Å². The number of nitrogens with one attached hydrogen (secondary N) is 1. The van der Waals surface area contributed by atoms with Gasteiger partial charge in [-0.1, -0.05) is 13.3 Å². The minimum absolute atomic E-state index is 0.278. The molecule has 0 aromatic rings. The summed E-state index contributed by atoms with van der Waals surface area (Å²) in [5, 5.41) is 3.63. The van der Waals surface area contributed by atoms with Crippen molar-refractivity contribution in [3.8, 4) is 0 Å². The van der Waals surface area contributed by atoms with Gasteiger partial charge in [0.1, 0.15) is 0 Å². The lowest BCUT2D eigenvalue weighted by molar-refractivity contribution is 0.282. The molecule has 0 radical (unpaired) electrons. The zero-order valence-corrected chi connectivity index (χ0v) is 12.3. The van der Waals surface area contributed by atoms with E-state index in [0.29, 0.717) is 0 Å². The molecule has 2 saturated carbocycles. The van der Waals surface area contributed by atoms with Gasteiger partial charge >= 0.3 is 0 Å². The molecule has 4 atom stereocenters. The number of hydrogen-bond donors (Lipinski definition) is 1. The lowest BCUT2D eigenvalue weighted by Crippen LogP contribution is -2.38. The summed E-state index contributed by atoms with van der Waals surface area (Å²) < 4.78 is 0. The van der Waals surface area contributed by atoms with E-state index in [2.05, 4.69) is 33.0 Å². The van der Waals surface area contributed by atoms with E-state index in [1.54, 1.807) is 25.7 Å². The number of hydrogen-bond acceptors (Lipinski definition) is 1. The molecule has 0 aromatic carbocycles. The maximum atomic E-state index is 3.63. The van der Waals surface area contributed by atoms with Gasteiger partial charge in [-0.25, -0.2) is 0 Å². The molecule has 0 amide bonds. The maximum Gasteiger partial charge on any atom is 0.00966 e. The first-order chi connectivity index (χ1) is 7.94. The molecule has 100 valence electrons. The molecule has 1 nitrogen and oxygen atoms in total. The average Bonchev–Trinajstić information content (AvgIpc) is 2.84. The Morgan fingerprint density at radius 3 is 2.47 bits per heavy atom. The van der Waals surface area contributed by atoms with Crippen molar-refractivity contribution in [1.29, 1.82) is 0 Å². The summed E-state index contributed by atoms with van der Waals surface area (Å²) in [7, 11) is 0. The van der Waals surface area contributed by atoms with E-state index in [9.17, 15) is 0 Å². The van der Waals surface area contributed by atoms with Crippen LogP contribution in [0.2, 0.25) is 0 Å². The summed E-state index contributed by atoms with van der Waals surface area (Å²) >= 11 is 0. The third-order valence-electron chi connectivity index (χ3n) is 4.90. The van der Waals surface area contributed by atoms with Crippen LogP contribution in [0.25, 0.3) is 0 Å². The Bertz CT molecular complexity index is 240. The van der Waals surface area contributed by atoms with E-state index in [0.717, 1.165) is 23.7 Å². The van der Waals surface area contributed by atoms with Gasteiger partial charge in [-0.15, -0.1) is 0 Å². The molecule has 0 aromatic heterocycles. The molecule has 1 heteroatoms. The van der Waals surface area contributed by atoms with Gasteiger partial charge in [-0.05, 0) is 83.1 Å². The quantitative estimate of drug-likeness (QED) is 0.754.